The van der Waals surface area contributed by atoms with Crippen molar-refractivity contribution in [1.82, 2.24) is 9.88 Å². The molecule has 0 spiro atoms. The van der Waals surface area contributed by atoms with Gasteiger partial charge in [-0.1, -0.05) is 48.0 Å². The van der Waals surface area contributed by atoms with Crippen LogP contribution in [0.1, 0.15) is 59.9 Å². The number of rotatable bonds is 4. The molecule has 2 heterocycles. The molecule has 1 N–H and O–H groups in total. The quantitative estimate of drug-likeness (QED) is 0.578. The van der Waals surface area contributed by atoms with Crippen molar-refractivity contribution in [3.63, 3.8) is 0 Å². The molecule has 3 atom stereocenters. The van der Waals surface area contributed by atoms with E-state index in [0.717, 1.165) is 49.5 Å². The van der Waals surface area contributed by atoms with E-state index in [9.17, 15) is 5.11 Å². The summed E-state index contributed by atoms with van der Waals surface area (Å²) in [5.74, 6) is 0.733. The summed E-state index contributed by atoms with van der Waals surface area (Å²) in [7, 11) is 0. The van der Waals surface area contributed by atoms with Gasteiger partial charge in [-0.25, -0.2) is 0 Å². The smallest absolute Gasteiger partial charge is 0.0912 e. The lowest BCUT2D eigenvalue weighted by Gasteiger charge is -2.43. The Morgan fingerprint density at radius 1 is 1.06 bits per heavy atom. The van der Waals surface area contributed by atoms with E-state index in [1.54, 1.807) is 12.4 Å². The Morgan fingerprint density at radius 3 is 2.62 bits per heavy atom. The minimum atomic E-state index is -0.836. The van der Waals surface area contributed by atoms with E-state index in [4.69, 9.17) is 11.6 Å². The van der Waals surface area contributed by atoms with Crippen LogP contribution in [0.4, 0.5) is 0 Å². The van der Waals surface area contributed by atoms with E-state index < -0.39 is 5.60 Å². The van der Waals surface area contributed by atoms with E-state index in [1.807, 2.05) is 25.1 Å². The van der Waals surface area contributed by atoms with Crippen LogP contribution in [0.5, 0.6) is 0 Å². The first-order valence-corrected chi connectivity index (χ1v) is 12.1. The Kier molecular flexibility index (Phi) is 4.73. The molecule has 1 fully saturated rings. The summed E-state index contributed by atoms with van der Waals surface area (Å²) < 4.78 is 0. The molecule has 164 valence electrons. The molecule has 1 unspecified atom stereocenters. The van der Waals surface area contributed by atoms with Gasteiger partial charge in [0.25, 0.3) is 0 Å². The number of pyridine rings is 1. The Hall–Kier alpha value is -2.20. The fourth-order valence-electron chi connectivity index (χ4n) is 6.75. The second-order valence-electron chi connectivity index (χ2n) is 10.1. The first-order chi connectivity index (χ1) is 15.5. The van der Waals surface area contributed by atoms with Gasteiger partial charge in [0.1, 0.15) is 0 Å². The van der Waals surface area contributed by atoms with Crippen LogP contribution in [0.15, 0.2) is 67.0 Å². The average molecular weight is 445 g/mol. The lowest BCUT2D eigenvalue weighted by molar-refractivity contribution is -0.0347. The number of piperidine rings is 1. The summed E-state index contributed by atoms with van der Waals surface area (Å²) >= 11 is 6.47. The molecule has 3 aromatic rings. The number of aromatic nitrogens is 1. The highest BCUT2D eigenvalue weighted by Crippen LogP contribution is 2.60. The fourth-order valence-corrected chi connectivity index (χ4v) is 6.92. The van der Waals surface area contributed by atoms with Crippen molar-refractivity contribution in [2.75, 3.05) is 19.6 Å². The number of likely N-dealkylation sites (tertiary alicyclic amines) is 1. The molecule has 1 aliphatic heterocycles. The maximum absolute atomic E-state index is 11.3. The first-order valence-electron chi connectivity index (χ1n) is 11.7. The van der Waals surface area contributed by atoms with E-state index >= 15 is 0 Å². The second-order valence-corrected chi connectivity index (χ2v) is 10.5. The molecule has 1 aromatic heterocycles. The molecule has 2 aliphatic carbocycles. The fraction of sp³-hybridized carbons (Fsp3) is 0.393. The molecule has 6 rings (SSSR count). The molecule has 2 aromatic carbocycles. The van der Waals surface area contributed by atoms with Crippen LogP contribution in [-0.2, 0) is 11.0 Å². The normalized spacial score (nSPS) is 26.5. The summed E-state index contributed by atoms with van der Waals surface area (Å²) in [6, 6.07) is 19.4. The highest BCUT2D eigenvalue weighted by Gasteiger charge is 2.53. The zero-order valence-corrected chi connectivity index (χ0v) is 19.2. The maximum Gasteiger partial charge on any atom is 0.0912 e. The predicted octanol–water partition coefficient (Wildman–Crippen LogP) is 5.49. The van der Waals surface area contributed by atoms with Gasteiger partial charge < -0.3 is 10.0 Å². The Labute approximate surface area is 195 Å². The van der Waals surface area contributed by atoms with Crippen LogP contribution in [0, 0.1) is 5.92 Å². The summed E-state index contributed by atoms with van der Waals surface area (Å²) in [6.07, 6.45) is 6.70. The van der Waals surface area contributed by atoms with Crippen LogP contribution in [0.3, 0.4) is 0 Å². The van der Waals surface area contributed by atoms with Crippen molar-refractivity contribution in [2.45, 2.75) is 43.1 Å². The van der Waals surface area contributed by atoms with Crippen molar-refractivity contribution in [3.8, 4) is 0 Å². The standard InChI is InChI=1S/C28H29ClN2O/c1-27(32,20-5-4-12-30-17-20)19-10-13-31(14-11-19)18-28-16-24(22-6-2-3-7-25(22)28)23-9-8-21(29)15-26(23)28/h2-9,12,15,17,19,24,32H,10-11,13-14,16,18H2,1H3/t24-,27?,28-/m0/s1. The van der Waals surface area contributed by atoms with Crippen LogP contribution >= 0.6 is 11.6 Å². The first kappa shape index (κ1) is 20.4. The topological polar surface area (TPSA) is 36.4 Å². The summed E-state index contributed by atoms with van der Waals surface area (Å²) in [5, 5.41) is 12.1. The van der Waals surface area contributed by atoms with Gasteiger partial charge in [0.2, 0.25) is 0 Å². The Bertz CT molecular complexity index is 1150. The minimum Gasteiger partial charge on any atom is -0.385 e. The lowest BCUT2D eigenvalue weighted by atomic mass is 9.73. The van der Waals surface area contributed by atoms with Crippen LogP contribution in [-0.4, -0.2) is 34.6 Å². The van der Waals surface area contributed by atoms with E-state index in [0.29, 0.717) is 5.92 Å². The van der Waals surface area contributed by atoms with E-state index in [2.05, 4.69) is 46.3 Å². The number of halogens is 1. The predicted molar refractivity (Wildman–Crippen MR) is 128 cm³/mol. The van der Waals surface area contributed by atoms with Gasteiger partial charge in [0, 0.05) is 40.9 Å². The number of hydrogen-bond donors (Lipinski definition) is 1. The molecular weight excluding hydrogens is 416 g/mol. The van der Waals surface area contributed by atoms with Crippen LogP contribution in [0.25, 0.3) is 0 Å². The monoisotopic (exact) mass is 444 g/mol. The van der Waals surface area contributed by atoms with Crippen molar-refractivity contribution < 1.29 is 5.11 Å². The molecule has 3 nitrogen and oxygen atoms in total. The molecule has 0 radical (unpaired) electrons. The number of benzene rings is 2. The minimum absolute atomic E-state index is 0.0280. The molecule has 4 heteroatoms. The lowest BCUT2D eigenvalue weighted by Crippen LogP contribution is -2.46. The highest BCUT2D eigenvalue weighted by molar-refractivity contribution is 6.30. The van der Waals surface area contributed by atoms with Crippen LogP contribution < -0.4 is 0 Å². The van der Waals surface area contributed by atoms with Crippen molar-refractivity contribution in [3.05, 3.63) is 99.8 Å². The molecule has 1 saturated heterocycles. The number of hydrogen-bond acceptors (Lipinski definition) is 3. The third-order valence-electron chi connectivity index (χ3n) is 8.43. The van der Waals surface area contributed by atoms with Crippen molar-refractivity contribution >= 4 is 11.6 Å². The third-order valence-corrected chi connectivity index (χ3v) is 8.67. The largest absolute Gasteiger partial charge is 0.385 e. The average Bonchev–Trinajstić information content (AvgIpc) is 3.31. The summed E-state index contributed by atoms with van der Waals surface area (Å²) in [5.41, 5.74) is 5.99. The van der Waals surface area contributed by atoms with E-state index in [1.165, 1.54) is 22.3 Å². The molecule has 3 aliphatic rings. The molecule has 32 heavy (non-hydrogen) atoms. The molecule has 0 saturated carbocycles. The van der Waals surface area contributed by atoms with Gasteiger partial charge in [-0.15, -0.1) is 0 Å². The Balaban J connectivity index is 1.26. The zero-order valence-electron chi connectivity index (χ0n) is 18.5. The van der Waals surface area contributed by atoms with Gasteiger partial charge in [-0.3, -0.25) is 4.98 Å². The molecule has 2 bridgehead atoms. The maximum atomic E-state index is 11.3. The highest BCUT2D eigenvalue weighted by atomic mass is 35.5. The van der Waals surface area contributed by atoms with Gasteiger partial charge >= 0.3 is 0 Å². The van der Waals surface area contributed by atoms with Gasteiger partial charge in [0.05, 0.1) is 5.60 Å². The second kappa shape index (κ2) is 7.41. The van der Waals surface area contributed by atoms with Gasteiger partial charge in [0.15, 0.2) is 0 Å². The summed E-state index contributed by atoms with van der Waals surface area (Å²) in [4.78, 5) is 6.84. The number of aliphatic hydroxyl groups is 1. The van der Waals surface area contributed by atoms with Crippen molar-refractivity contribution in [1.29, 1.82) is 0 Å². The van der Waals surface area contributed by atoms with Crippen LogP contribution in [0.2, 0.25) is 5.02 Å². The number of nitrogens with zero attached hydrogens (tertiary/aromatic N) is 2. The zero-order chi connectivity index (χ0) is 21.9. The third kappa shape index (κ3) is 2.98. The van der Waals surface area contributed by atoms with Crippen molar-refractivity contribution in [2.24, 2.45) is 5.92 Å². The molecule has 0 amide bonds. The molecular formula is C28H29ClN2O. The van der Waals surface area contributed by atoms with E-state index in [-0.39, 0.29) is 11.3 Å². The Morgan fingerprint density at radius 2 is 1.84 bits per heavy atom. The number of fused-ring (bicyclic) bond motifs is 8. The van der Waals surface area contributed by atoms with Gasteiger partial charge in [-0.2, -0.15) is 0 Å². The SMILES string of the molecule is CC(O)(c1cccnc1)C1CCN(C[C@@]23C[C@@H](c4ccccc42)c2ccc(Cl)cc23)CC1. The summed E-state index contributed by atoms with van der Waals surface area (Å²) in [6.45, 7) is 4.99. The van der Waals surface area contributed by atoms with Gasteiger partial charge in [-0.05, 0) is 85.6 Å².